The van der Waals surface area contributed by atoms with Gasteiger partial charge in [0.05, 0.1) is 16.7 Å². The van der Waals surface area contributed by atoms with Crippen LogP contribution in [-0.2, 0) is 23.7 Å². The van der Waals surface area contributed by atoms with Crippen LogP contribution in [0, 0.1) is 94.7 Å². The van der Waals surface area contributed by atoms with E-state index < -0.39 is 44.0 Å². The molecule has 268 valence electrons. The molecule has 16 aliphatic carbocycles. The average Bonchev–Trinajstić information content (AvgIpc) is 3.53. The van der Waals surface area contributed by atoms with Crippen molar-refractivity contribution >= 4 is 11.6 Å². The number of hydrogen-bond acceptors (Lipinski definition) is 6. The Morgan fingerprint density at radius 3 is 1.71 bits per heavy atom. The fraction of sp³-hybridized carbons (Fsp3) is 0.733. The molecule has 2 spiro atoms. The van der Waals surface area contributed by atoms with Crippen LogP contribution in [0.1, 0.15) is 25.7 Å². The molecule has 0 aromatic heterocycles. The summed E-state index contributed by atoms with van der Waals surface area (Å²) in [5, 5.41) is 4.64. The molecule has 17 aliphatic rings. The normalized spacial score (nSPS) is 72.6. The molecular formula is C45H46ClNO5. The molecule has 0 radical (unpaired) electrons. The molecular weight excluding hydrogens is 670 g/mol. The Morgan fingerprint density at radius 2 is 1.10 bits per heavy atom. The third-order valence-electron chi connectivity index (χ3n) is 22.1. The molecule has 0 aromatic rings. The van der Waals surface area contributed by atoms with E-state index in [-0.39, 0.29) is 11.8 Å². The highest BCUT2D eigenvalue weighted by Crippen LogP contribution is 2.99. The van der Waals surface area contributed by atoms with Crippen LogP contribution in [0.4, 0.5) is 0 Å². The maximum Gasteiger partial charge on any atom is 0.136 e. The monoisotopic (exact) mass is 715 g/mol. The molecule has 8 fully saturated rings. The van der Waals surface area contributed by atoms with E-state index in [1.807, 2.05) is 7.11 Å². The molecule has 0 aromatic carbocycles. The number of hydrogen-bond donors (Lipinski definition) is 1. The van der Waals surface area contributed by atoms with E-state index in [0.717, 1.165) is 0 Å². The highest BCUT2D eigenvalue weighted by atomic mass is 35.5. The molecule has 1 N–H and O–H groups in total. The molecule has 1 saturated heterocycles. The summed E-state index contributed by atoms with van der Waals surface area (Å²) >= 11 is 9.42. The molecule has 7 saturated carbocycles. The largest absolute Gasteiger partial charge is 0.375 e. The zero-order chi connectivity index (χ0) is 34.0. The van der Waals surface area contributed by atoms with E-state index in [1.54, 1.807) is 22.3 Å². The number of halogens is 1. The van der Waals surface area contributed by atoms with Crippen molar-refractivity contribution in [3.05, 3.63) is 69.9 Å². The number of rotatable bonds is 5. The van der Waals surface area contributed by atoms with Crippen molar-refractivity contribution in [2.45, 2.75) is 69.6 Å². The summed E-state index contributed by atoms with van der Waals surface area (Å²) in [5.74, 6) is 5.88. The van der Waals surface area contributed by atoms with Crippen LogP contribution in [0.2, 0.25) is 0 Å². The van der Waals surface area contributed by atoms with Crippen LogP contribution in [0.3, 0.4) is 0 Å². The second kappa shape index (κ2) is 7.05. The van der Waals surface area contributed by atoms with E-state index in [4.69, 9.17) is 23.7 Å². The molecule has 7 heteroatoms. The lowest BCUT2D eigenvalue weighted by Crippen LogP contribution is -2.83. The SMILES string of the molecule is CO[C@@]12C3=C4C5CCC3C3C=CC6C7C=CC8C9C=CC%10C%11CCC5C5=C%11[C@]%11(OC)C%10C9[C@]9(OC)C8C7[C@@](OC)(C7=C1[C@](Cl)([C@]45OC)[C@]%111N[C@]791)C6C32. The Bertz CT molecular complexity index is 2240. The van der Waals surface area contributed by atoms with Crippen molar-refractivity contribution in [2.75, 3.05) is 35.5 Å². The number of ether oxygens (including phenoxy) is 5. The smallest absolute Gasteiger partial charge is 0.136 e. The van der Waals surface area contributed by atoms with Gasteiger partial charge in [0, 0.05) is 71.1 Å². The lowest BCUT2D eigenvalue weighted by Gasteiger charge is -2.68. The molecule has 6 nitrogen and oxygen atoms in total. The molecule has 16 unspecified atom stereocenters. The topological polar surface area (TPSA) is 68.1 Å². The quantitative estimate of drug-likeness (QED) is 0.241. The Morgan fingerprint density at radius 1 is 0.538 bits per heavy atom. The summed E-state index contributed by atoms with van der Waals surface area (Å²) in [6.07, 6.45) is 21.0. The Labute approximate surface area is 309 Å². The summed E-state index contributed by atoms with van der Waals surface area (Å²) in [7, 11) is 10.3. The fourth-order valence-electron chi connectivity index (χ4n) is 22.7. The van der Waals surface area contributed by atoms with Crippen molar-refractivity contribution < 1.29 is 23.7 Å². The second-order valence-corrected chi connectivity index (χ2v) is 21.4. The van der Waals surface area contributed by atoms with Gasteiger partial charge in [0.15, 0.2) is 0 Å². The Balaban J connectivity index is 1.21. The number of nitrogens with one attached hydrogen (secondary N) is 1. The predicted molar refractivity (Wildman–Crippen MR) is 189 cm³/mol. The molecule has 24 atom stereocenters. The van der Waals surface area contributed by atoms with Gasteiger partial charge in [-0.05, 0) is 118 Å². The summed E-state index contributed by atoms with van der Waals surface area (Å²) in [5.41, 5.74) is 5.06. The Hall–Kier alpha value is -1.51. The van der Waals surface area contributed by atoms with E-state index in [0.29, 0.717) is 82.9 Å². The van der Waals surface area contributed by atoms with Gasteiger partial charge in [-0.1, -0.05) is 36.5 Å². The summed E-state index contributed by atoms with van der Waals surface area (Å²) in [6.45, 7) is 0. The first kappa shape index (κ1) is 28.0. The Kier molecular flexibility index (Phi) is 3.79. The van der Waals surface area contributed by atoms with Gasteiger partial charge in [0.1, 0.15) is 27.2 Å². The minimum atomic E-state index is -0.953. The van der Waals surface area contributed by atoms with E-state index >= 15 is 0 Å². The first-order valence-electron chi connectivity index (χ1n) is 20.9. The highest BCUT2D eigenvalue weighted by Gasteiger charge is 3.11. The van der Waals surface area contributed by atoms with Crippen molar-refractivity contribution in [3.63, 3.8) is 0 Å². The maximum absolute atomic E-state index is 9.42. The summed E-state index contributed by atoms with van der Waals surface area (Å²) < 4.78 is 38.1. The minimum absolute atomic E-state index is 0.276. The molecule has 0 bridgehead atoms. The van der Waals surface area contributed by atoms with Gasteiger partial charge in [-0.25, -0.2) is 0 Å². The van der Waals surface area contributed by atoms with Crippen molar-refractivity contribution in [2.24, 2.45) is 94.7 Å². The van der Waals surface area contributed by atoms with E-state index in [9.17, 15) is 11.6 Å². The molecule has 1 aliphatic heterocycles. The van der Waals surface area contributed by atoms with Gasteiger partial charge in [0.2, 0.25) is 0 Å². The first-order valence-corrected chi connectivity index (χ1v) is 21.3. The van der Waals surface area contributed by atoms with Crippen LogP contribution in [0.5, 0.6) is 0 Å². The zero-order valence-electron chi connectivity index (χ0n) is 30.4. The van der Waals surface area contributed by atoms with Crippen LogP contribution < -0.4 is 5.32 Å². The van der Waals surface area contributed by atoms with Crippen molar-refractivity contribution in [1.29, 1.82) is 0 Å². The first-order chi connectivity index (χ1) is 25.4. The maximum atomic E-state index is 9.42. The molecule has 0 amide bonds. The van der Waals surface area contributed by atoms with Gasteiger partial charge in [-0.2, -0.15) is 0 Å². The third-order valence-corrected chi connectivity index (χ3v) is 22.9. The van der Waals surface area contributed by atoms with Gasteiger partial charge >= 0.3 is 0 Å². The molecule has 1 heterocycles. The lowest BCUT2D eigenvalue weighted by atomic mass is 9.40. The second-order valence-electron chi connectivity index (χ2n) is 20.8. The summed E-state index contributed by atoms with van der Waals surface area (Å²) in [4.78, 5) is -0.953. The number of fused-ring (bicyclic) bond motifs is 5. The number of methoxy groups -OCH3 is 5. The van der Waals surface area contributed by atoms with Gasteiger partial charge < -0.3 is 23.7 Å². The van der Waals surface area contributed by atoms with Crippen LogP contribution >= 0.6 is 11.6 Å². The zero-order valence-corrected chi connectivity index (χ0v) is 31.2. The van der Waals surface area contributed by atoms with Gasteiger partial charge in [0.25, 0.3) is 0 Å². The number of alkyl halides is 1. The molecule has 52 heavy (non-hydrogen) atoms. The predicted octanol–water partition coefficient (Wildman–Crippen LogP) is 5.17. The third kappa shape index (κ3) is 1.68. The fourth-order valence-corrected chi connectivity index (χ4v) is 23.6. The van der Waals surface area contributed by atoms with Crippen LogP contribution in [0.15, 0.2) is 69.9 Å². The van der Waals surface area contributed by atoms with Gasteiger partial charge in [-0.15, -0.1) is 11.6 Å². The van der Waals surface area contributed by atoms with Crippen molar-refractivity contribution in [1.82, 2.24) is 5.32 Å². The highest BCUT2D eigenvalue weighted by molar-refractivity contribution is 6.32. The lowest BCUT2D eigenvalue weighted by molar-refractivity contribution is -0.240. The molecule has 17 rings (SSSR count). The van der Waals surface area contributed by atoms with Gasteiger partial charge in [-0.3, -0.25) is 5.32 Å². The van der Waals surface area contributed by atoms with E-state index in [1.165, 1.54) is 36.8 Å². The standard InChI is InChI=1S/C45H46ClNO5/c1-48-38-26-16-6-7-17-19-9-11-21-23-13-15-25-24-14-12-22-20-10-8-18(16)28(38)30(20)40(50-3)32(22)34(24)42(52-5)35(25)33(23)41(51-4)31(21)29(19)39(49-2,27(17)26)37-36(38)43(40,46)45(42)44(37,41)47-45/h6-7,9,11,13,15-27,29,31,33,35,47H,8,10,12,14H2,1-5H3/t16?,17?,18?,19?,20?,21?,22?,23?,24?,25?,26?,27?,29?,31?,33?,35?,38-,39+,40-,41+,42-,43-,44+,45+/m0/s1. The summed E-state index contributed by atoms with van der Waals surface area (Å²) in [6, 6.07) is 0. The van der Waals surface area contributed by atoms with Crippen LogP contribution in [0.25, 0.3) is 0 Å². The van der Waals surface area contributed by atoms with E-state index in [2.05, 4.69) is 70.2 Å². The minimum Gasteiger partial charge on any atom is -0.375 e. The van der Waals surface area contributed by atoms with Crippen molar-refractivity contribution in [3.8, 4) is 0 Å². The van der Waals surface area contributed by atoms with Crippen LogP contribution in [-0.4, -0.2) is 79.5 Å². The average molecular weight is 716 g/mol. The number of allylic oxidation sites excluding steroid dienone is 6.